The van der Waals surface area contributed by atoms with Crippen molar-refractivity contribution in [3.63, 3.8) is 0 Å². The summed E-state index contributed by atoms with van der Waals surface area (Å²) in [7, 11) is -2.00. The Morgan fingerprint density at radius 1 is 0.410 bits per heavy atom. The van der Waals surface area contributed by atoms with Crippen molar-refractivity contribution in [3.05, 3.63) is 158 Å². The van der Waals surface area contributed by atoms with Gasteiger partial charge in [-0.1, -0.05) is 0 Å². The highest BCUT2D eigenvalue weighted by molar-refractivity contribution is 7.89. The van der Waals surface area contributed by atoms with Gasteiger partial charge in [0.1, 0.15) is 61.3 Å². The maximum atomic E-state index is 12.7. The molecule has 0 unspecified atom stereocenters. The van der Waals surface area contributed by atoms with E-state index in [1.807, 2.05) is 61.5 Å². The third-order valence-corrected chi connectivity index (χ3v) is 28.4. The van der Waals surface area contributed by atoms with Gasteiger partial charge in [-0.15, -0.1) is 0 Å². The number of amides is 2. The third-order valence-electron chi connectivity index (χ3n) is 25.3. The van der Waals surface area contributed by atoms with Gasteiger partial charge in [0.05, 0.1) is 112 Å². The average Bonchev–Trinajstić information content (AvgIpc) is 1.15. The normalized spacial score (nSPS) is 21.5. The molecule has 4 saturated carbocycles. The van der Waals surface area contributed by atoms with Gasteiger partial charge in [0.2, 0.25) is 10.0 Å². The Balaban J connectivity index is 0.000000124. The van der Waals surface area contributed by atoms with E-state index in [2.05, 4.69) is 112 Å². The molecular weight excluding hydrogens is 1770 g/mol. The second-order valence-electron chi connectivity index (χ2n) is 34.5. The lowest BCUT2D eigenvalue weighted by atomic mass is 9.92. The summed E-state index contributed by atoms with van der Waals surface area (Å²) in [4.78, 5) is 70.1. The number of aryl methyl sites for hydroxylation is 4. The fourth-order valence-corrected chi connectivity index (χ4v) is 20.7. The van der Waals surface area contributed by atoms with Crippen LogP contribution in [0.2, 0.25) is 0 Å². The minimum Gasteiger partial charge on any atom is -0.488 e. The molecule has 43 heteroatoms. The molecule has 8 aromatic heterocycles. The summed E-state index contributed by atoms with van der Waals surface area (Å²) < 4.78 is 147. The number of aromatic nitrogens is 16. The Bertz CT molecular complexity index is 6240. The van der Waals surface area contributed by atoms with Crippen LogP contribution >= 0.6 is 0 Å². The largest absolute Gasteiger partial charge is 0.488 e. The average molecular weight is 1890 g/mol. The van der Waals surface area contributed by atoms with Crippen LogP contribution in [0.4, 0.5) is 35.9 Å². The second kappa shape index (κ2) is 42.6. The third kappa shape index (κ3) is 23.6. The summed E-state index contributed by atoms with van der Waals surface area (Å²) in [6, 6.07) is 20.1. The number of hydrogen-bond acceptors (Lipinski definition) is 30. The minimum absolute atomic E-state index is 0.00529. The number of nitrogens with one attached hydrogen (secondary N) is 5. The molecule has 134 heavy (non-hydrogen) atoms. The standard InChI is InChI=1S/C24H30N6O3.C23H25F3N6O3.2C22H28N6O4S/c1-16-13-21(28-29(16)2)24(31)27-17-3-5-19(6-4-17)33-22-15-18(30-9-11-32-12-10-30)14-20-23(22)26-8-7-25-20;24-23(25,26)20-13-18(30-31-20)22(33)29-14-1-3-16(4-2-14)35-19-12-15(32-7-9-34-10-8-32)11-17-21(19)28-6-5-27-17;1-27-15-19(14-25-27)33(29,30)26-16-2-4-18(5-3-16)32-21-13-17(28-8-10-31-11-9-28)12-20-22(21)24-7-6-23-20;1-27-21(6-7-25-27)33(29,30)26-16-2-4-18(5-3-16)32-20-15-17(28-10-12-31-13-11-28)14-19-22(20)24-9-8-23-19/h7-8,13-15,17,19H,3-6,9-12H2,1-2H3,(H,27,31);5-6,11-14,16H,1-4,7-10H2,(H,29,33)(H,30,31);6-7,12-16,18,26H,2-5,8-11H2,1H3;6-9,14-16,18,26H,2-5,10-13H2,1H3. The molecular formula is C91H111F3N24O14S2. The van der Waals surface area contributed by atoms with Gasteiger partial charge in [-0.25, -0.2) is 46.2 Å². The predicted octanol–water partition coefficient (Wildman–Crippen LogP) is 9.69. The number of H-pyrrole nitrogens is 1. The Morgan fingerprint density at radius 3 is 1.05 bits per heavy atom. The van der Waals surface area contributed by atoms with Crippen LogP contribution in [-0.4, -0.2) is 262 Å². The fraction of sp³-hybridized carbons (Fsp3) is 0.495. The van der Waals surface area contributed by atoms with E-state index in [1.54, 1.807) is 68.4 Å². The monoisotopic (exact) mass is 1880 g/mol. The number of sulfonamides is 2. The van der Waals surface area contributed by atoms with E-state index in [-0.39, 0.29) is 70.1 Å². The summed E-state index contributed by atoms with van der Waals surface area (Å²) in [5.74, 6) is 2.16. The van der Waals surface area contributed by atoms with Crippen molar-refractivity contribution in [1.29, 1.82) is 0 Å². The lowest BCUT2D eigenvalue weighted by Crippen LogP contribution is -2.40. The molecule has 12 heterocycles. The zero-order valence-corrected chi connectivity index (χ0v) is 76.7. The molecule has 38 nitrogen and oxygen atoms in total. The summed E-state index contributed by atoms with van der Waals surface area (Å²) in [6.45, 7) is 14.1. The van der Waals surface area contributed by atoms with E-state index >= 15 is 0 Å². The second-order valence-corrected chi connectivity index (χ2v) is 37.9. The first-order chi connectivity index (χ1) is 64.9. The summed E-state index contributed by atoms with van der Waals surface area (Å²) in [5, 5.41) is 23.6. The van der Waals surface area contributed by atoms with Gasteiger partial charge in [-0.05, 0) is 146 Å². The Morgan fingerprint density at radius 2 is 0.746 bits per heavy atom. The van der Waals surface area contributed by atoms with Gasteiger partial charge in [0, 0.05) is 212 Å². The lowest BCUT2D eigenvalue weighted by Gasteiger charge is -2.31. The highest BCUT2D eigenvalue weighted by Crippen LogP contribution is 2.40. The summed E-state index contributed by atoms with van der Waals surface area (Å²) in [6.07, 6.45) is 25.2. The van der Waals surface area contributed by atoms with Crippen LogP contribution in [0.25, 0.3) is 44.1 Å². The topological polar surface area (TPSA) is 423 Å². The first-order valence-electron chi connectivity index (χ1n) is 45.6. The number of aromatic amines is 1. The molecule has 5 N–H and O–H groups in total. The van der Waals surface area contributed by atoms with Crippen molar-refractivity contribution in [2.24, 2.45) is 21.1 Å². The maximum Gasteiger partial charge on any atom is 0.432 e. The van der Waals surface area contributed by atoms with E-state index in [0.717, 1.165) is 207 Å². The van der Waals surface area contributed by atoms with Crippen molar-refractivity contribution < 1.29 is 77.5 Å². The molecule has 0 radical (unpaired) electrons. The molecule has 8 fully saturated rings. The molecule has 0 bridgehead atoms. The quantitative estimate of drug-likeness (QED) is 0.0421. The van der Waals surface area contributed by atoms with Crippen LogP contribution in [0.15, 0.2) is 145 Å². The SMILES string of the molecule is Cc1cc(C(=O)NC2CCC(Oc3cc(N4CCOCC4)cc4nccnc34)CC2)nn1C.Cn1cc(S(=O)(=O)NC2CCC(Oc3cc(N4CCOCC4)cc4nccnc34)CC2)cn1.Cn1nccc1S(=O)(=O)NC1CCC(Oc2cc(N3CCOCC3)cc3nccnc23)CC1.O=C(NC1CCC(Oc2cc(N3CCOCC3)cc3nccnc23)CC1)c1cc(C(F)(F)F)[nH]n1. The molecule has 8 aliphatic rings. The van der Waals surface area contributed by atoms with Crippen molar-refractivity contribution in [2.75, 3.05) is 125 Å². The summed E-state index contributed by atoms with van der Waals surface area (Å²) >= 11 is 0. The number of carbonyl (C=O) groups excluding carboxylic acids is 2. The van der Waals surface area contributed by atoms with Gasteiger partial charge in [-0.2, -0.15) is 33.6 Å². The molecule has 2 amide bonds. The van der Waals surface area contributed by atoms with Crippen molar-refractivity contribution >= 4 is 98.7 Å². The van der Waals surface area contributed by atoms with Crippen molar-refractivity contribution in [1.82, 2.24) is 99.5 Å². The maximum absolute atomic E-state index is 12.7. The van der Waals surface area contributed by atoms with Crippen LogP contribution in [0.5, 0.6) is 23.0 Å². The number of nitrogens with zero attached hydrogens (tertiary/aromatic N) is 19. The minimum atomic E-state index is -4.57. The molecule has 0 spiro atoms. The van der Waals surface area contributed by atoms with Crippen LogP contribution in [-0.2, 0) is 66.3 Å². The number of morpholine rings is 4. The molecule has 712 valence electrons. The number of anilines is 4. The van der Waals surface area contributed by atoms with Crippen LogP contribution in [0, 0.1) is 6.92 Å². The molecule has 20 rings (SSSR count). The molecule has 0 atom stereocenters. The van der Waals surface area contributed by atoms with E-state index < -0.39 is 37.8 Å². The Hall–Kier alpha value is -12.1. The lowest BCUT2D eigenvalue weighted by molar-refractivity contribution is -0.141. The molecule has 4 aliphatic carbocycles. The van der Waals surface area contributed by atoms with Crippen LogP contribution in [0.3, 0.4) is 0 Å². The van der Waals surface area contributed by atoms with Crippen molar-refractivity contribution in [2.45, 2.75) is 174 Å². The summed E-state index contributed by atoms with van der Waals surface area (Å²) in [5.41, 5.74) is 10.5. The first kappa shape index (κ1) is 93.7. The van der Waals surface area contributed by atoms with Gasteiger partial charge in [0.15, 0.2) is 10.7 Å². The smallest absolute Gasteiger partial charge is 0.432 e. The number of hydrogen-bond donors (Lipinski definition) is 5. The number of ether oxygens (including phenoxy) is 8. The Labute approximate surface area is 772 Å². The van der Waals surface area contributed by atoms with E-state index in [9.17, 15) is 39.6 Å². The van der Waals surface area contributed by atoms with Gasteiger partial charge >= 0.3 is 6.18 Å². The van der Waals surface area contributed by atoms with E-state index in [0.29, 0.717) is 108 Å². The molecule has 4 saturated heterocycles. The molecule has 4 aliphatic heterocycles. The van der Waals surface area contributed by atoms with Gasteiger partial charge < -0.3 is 68.1 Å². The van der Waals surface area contributed by atoms with E-state index in [4.69, 9.17) is 37.9 Å². The van der Waals surface area contributed by atoms with Gasteiger partial charge in [-0.3, -0.25) is 48.7 Å². The number of rotatable bonds is 22. The Kier molecular flexibility index (Phi) is 29.8. The van der Waals surface area contributed by atoms with Crippen LogP contribution in [0.1, 0.15) is 135 Å². The number of carbonyl (C=O) groups is 2. The van der Waals surface area contributed by atoms with E-state index in [1.165, 1.54) is 34.0 Å². The highest BCUT2D eigenvalue weighted by Gasteiger charge is 2.37. The number of benzene rings is 4. The number of halogens is 3. The first-order valence-corrected chi connectivity index (χ1v) is 48.6. The highest BCUT2D eigenvalue weighted by atomic mass is 32.2. The predicted molar refractivity (Wildman–Crippen MR) is 490 cm³/mol. The molecule has 12 aromatic rings. The number of fused-ring (bicyclic) bond motifs is 4. The zero-order valence-electron chi connectivity index (χ0n) is 75.1. The molecule has 4 aromatic carbocycles. The van der Waals surface area contributed by atoms with Crippen LogP contribution < -0.4 is 58.6 Å². The zero-order chi connectivity index (χ0) is 92.9. The fourth-order valence-electron chi connectivity index (χ4n) is 18.0. The number of alkyl halides is 3. The van der Waals surface area contributed by atoms with Gasteiger partial charge in [0.25, 0.3) is 21.8 Å². The van der Waals surface area contributed by atoms with Crippen molar-refractivity contribution in [3.8, 4) is 23.0 Å².